The van der Waals surface area contributed by atoms with Crippen LogP contribution in [0.3, 0.4) is 0 Å². The first kappa shape index (κ1) is 14.1. The summed E-state index contributed by atoms with van der Waals surface area (Å²) in [5.41, 5.74) is 1.53. The van der Waals surface area contributed by atoms with Gasteiger partial charge in [0.15, 0.2) is 14.6 Å². The van der Waals surface area contributed by atoms with Gasteiger partial charge in [-0.15, -0.1) is 0 Å². The van der Waals surface area contributed by atoms with Crippen LogP contribution < -0.4 is 0 Å². The second-order valence-electron chi connectivity index (χ2n) is 5.74. The standard InChI is InChI=1S/C13H21NO2Si/c1-13(2,3)17(4,5)16-10-11-6-7-14-8-12(11)9-15/h6-9H,10H2,1-5H3. The van der Waals surface area contributed by atoms with Crippen LogP contribution in [0.15, 0.2) is 18.5 Å². The lowest BCUT2D eigenvalue weighted by molar-refractivity contribution is 0.112. The van der Waals surface area contributed by atoms with Gasteiger partial charge in [-0.3, -0.25) is 9.78 Å². The van der Waals surface area contributed by atoms with E-state index in [1.165, 1.54) is 0 Å². The van der Waals surface area contributed by atoms with E-state index >= 15 is 0 Å². The quantitative estimate of drug-likeness (QED) is 0.608. The molecule has 0 saturated heterocycles. The first-order valence-corrected chi connectivity index (χ1v) is 8.71. The van der Waals surface area contributed by atoms with Crippen molar-refractivity contribution in [2.45, 2.75) is 45.5 Å². The Labute approximate surface area is 104 Å². The lowest BCUT2D eigenvalue weighted by Gasteiger charge is -2.36. The fourth-order valence-electron chi connectivity index (χ4n) is 1.15. The number of carbonyl (C=O) groups is 1. The van der Waals surface area contributed by atoms with Gasteiger partial charge in [0, 0.05) is 18.0 Å². The summed E-state index contributed by atoms with van der Waals surface area (Å²) in [4.78, 5) is 14.8. The topological polar surface area (TPSA) is 39.2 Å². The summed E-state index contributed by atoms with van der Waals surface area (Å²) in [5.74, 6) is 0. The molecule has 94 valence electrons. The average Bonchev–Trinajstić information content (AvgIpc) is 2.25. The molecular weight excluding hydrogens is 230 g/mol. The Morgan fingerprint density at radius 3 is 2.59 bits per heavy atom. The van der Waals surface area contributed by atoms with Crippen molar-refractivity contribution in [3.05, 3.63) is 29.6 Å². The summed E-state index contributed by atoms with van der Waals surface area (Å²) in [5, 5.41) is 0.182. The Bertz CT molecular complexity index is 397. The molecule has 0 aliphatic heterocycles. The minimum Gasteiger partial charge on any atom is -0.413 e. The fourth-order valence-corrected chi connectivity index (χ4v) is 2.10. The molecule has 1 rings (SSSR count). The van der Waals surface area contributed by atoms with E-state index in [2.05, 4.69) is 38.8 Å². The molecule has 0 atom stereocenters. The Hall–Kier alpha value is -1.00. The van der Waals surface area contributed by atoms with Crippen LogP contribution in [-0.4, -0.2) is 19.6 Å². The van der Waals surface area contributed by atoms with Crippen molar-refractivity contribution in [2.75, 3.05) is 0 Å². The molecule has 4 heteroatoms. The van der Waals surface area contributed by atoms with E-state index in [1.807, 2.05) is 6.07 Å². The molecule has 17 heavy (non-hydrogen) atoms. The third-order valence-electron chi connectivity index (χ3n) is 3.47. The first-order chi connectivity index (χ1) is 7.78. The van der Waals surface area contributed by atoms with Crippen molar-refractivity contribution < 1.29 is 9.22 Å². The molecule has 0 spiro atoms. The zero-order valence-electron chi connectivity index (χ0n) is 11.3. The van der Waals surface area contributed by atoms with Gasteiger partial charge in [-0.1, -0.05) is 20.8 Å². The van der Waals surface area contributed by atoms with Crippen molar-refractivity contribution in [1.82, 2.24) is 4.98 Å². The number of nitrogens with zero attached hydrogens (tertiary/aromatic N) is 1. The summed E-state index contributed by atoms with van der Waals surface area (Å²) < 4.78 is 6.07. The van der Waals surface area contributed by atoms with Gasteiger partial charge in [-0.25, -0.2) is 0 Å². The SMILES string of the molecule is CC(C)(C)[Si](C)(C)OCc1ccncc1C=O. The number of pyridine rings is 1. The number of aldehydes is 1. The molecule has 3 nitrogen and oxygen atoms in total. The van der Waals surface area contributed by atoms with Crippen LogP contribution in [-0.2, 0) is 11.0 Å². The smallest absolute Gasteiger partial charge is 0.192 e. The summed E-state index contributed by atoms with van der Waals surface area (Å²) in [6.07, 6.45) is 4.10. The maximum Gasteiger partial charge on any atom is 0.192 e. The highest BCUT2D eigenvalue weighted by Gasteiger charge is 2.37. The Kier molecular flexibility index (Phi) is 4.22. The first-order valence-electron chi connectivity index (χ1n) is 5.80. The number of rotatable bonds is 4. The highest BCUT2D eigenvalue weighted by atomic mass is 28.4. The lowest BCUT2D eigenvalue weighted by atomic mass is 10.2. The molecule has 0 saturated carbocycles. The van der Waals surface area contributed by atoms with Gasteiger partial charge >= 0.3 is 0 Å². The molecule has 0 N–H and O–H groups in total. The maximum absolute atomic E-state index is 10.9. The van der Waals surface area contributed by atoms with Crippen molar-refractivity contribution in [2.24, 2.45) is 0 Å². The Morgan fingerprint density at radius 2 is 2.06 bits per heavy atom. The summed E-state index contributed by atoms with van der Waals surface area (Å²) >= 11 is 0. The van der Waals surface area contributed by atoms with Crippen molar-refractivity contribution in [1.29, 1.82) is 0 Å². The predicted octanol–water partition coefficient (Wildman–Crippen LogP) is 3.42. The van der Waals surface area contributed by atoms with E-state index in [-0.39, 0.29) is 5.04 Å². The molecule has 0 bridgehead atoms. The summed E-state index contributed by atoms with van der Waals surface area (Å²) in [6, 6.07) is 1.84. The zero-order valence-corrected chi connectivity index (χ0v) is 12.3. The summed E-state index contributed by atoms with van der Waals surface area (Å²) in [6.45, 7) is 11.5. The van der Waals surface area contributed by atoms with E-state index in [1.54, 1.807) is 12.4 Å². The van der Waals surface area contributed by atoms with E-state index in [9.17, 15) is 4.79 Å². The molecule has 0 fully saturated rings. The Morgan fingerprint density at radius 1 is 1.41 bits per heavy atom. The molecular formula is C13H21NO2Si. The van der Waals surface area contributed by atoms with Crippen LogP contribution in [0.1, 0.15) is 36.7 Å². The largest absolute Gasteiger partial charge is 0.413 e. The molecule has 1 aromatic rings. The maximum atomic E-state index is 10.9. The molecule has 0 radical (unpaired) electrons. The highest BCUT2D eigenvalue weighted by Crippen LogP contribution is 2.37. The second kappa shape index (κ2) is 5.10. The zero-order chi connectivity index (χ0) is 13.1. The van der Waals surface area contributed by atoms with Gasteiger partial charge in [-0.2, -0.15) is 0 Å². The minimum atomic E-state index is -1.76. The molecule has 0 aromatic carbocycles. The normalized spacial score (nSPS) is 12.5. The van der Waals surface area contributed by atoms with Crippen LogP contribution in [0.4, 0.5) is 0 Å². The van der Waals surface area contributed by atoms with Crippen LogP contribution >= 0.6 is 0 Å². The summed E-state index contributed by atoms with van der Waals surface area (Å²) in [7, 11) is -1.76. The molecule has 0 aliphatic carbocycles. The average molecular weight is 251 g/mol. The lowest BCUT2D eigenvalue weighted by Crippen LogP contribution is -2.40. The predicted molar refractivity (Wildman–Crippen MR) is 71.6 cm³/mol. The van der Waals surface area contributed by atoms with Gasteiger partial charge < -0.3 is 4.43 Å². The van der Waals surface area contributed by atoms with Crippen LogP contribution in [0.2, 0.25) is 18.1 Å². The third kappa shape index (κ3) is 3.48. The molecule has 1 heterocycles. The highest BCUT2D eigenvalue weighted by molar-refractivity contribution is 6.74. The molecule has 0 aliphatic rings. The number of hydrogen-bond donors (Lipinski definition) is 0. The van der Waals surface area contributed by atoms with Gasteiger partial charge in [0.05, 0.1) is 6.61 Å². The second-order valence-corrected chi connectivity index (χ2v) is 10.6. The molecule has 1 aromatic heterocycles. The van der Waals surface area contributed by atoms with Gasteiger partial charge in [0.25, 0.3) is 0 Å². The van der Waals surface area contributed by atoms with Crippen LogP contribution in [0, 0.1) is 0 Å². The van der Waals surface area contributed by atoms with Gasteiger partial charge in [-0.05, 0) is 29.8 Å². The Balaban J connectivity index is 2.77. The van der Waals surface area contributed by atoms with Crippen molar-refractivity contribution in [3.63, 3.8) is 0 Å². The van der Waals surface area contributed by atoms with Crippen molar-refractivity contribution >= 4 is 14.6 Å². The number of hydrogen-bond acceptors (Lipinski definition) is 3. The van der Waals surface area contributed by atoms with Gasteiger partial charge in [0.1, 0.15) is 0 Å². The fraction of sp³-hybridized carbons (Fsp3) is 0.538. The number of carbonyl (C=O) groups excluding carboxylic acids is 1. The van der Waals surface area contributed by atoms with E-state index in [0.29, 0.717) is 12.2 Å². The monoisotopic (exact) mass is 251 g/mol. The number of aromatic nitrogens is 1. The molecule has 0 unspecified atom stereocenters. The van der Waals surface area contributed by atoms with E-state index < -0.39 is 8.32 Å². The van der Waals surface area contributed by atoms with Crippen LogP contribution in [0.5, 0.6) is 0 Å². The molecule has 0 amide bonds. The van der Waals surface area contributed by atoms with Crippen LogP contribution in [0.25, 0.3) is 0 Å². The van der Waals surface area contributed by atoms with Gasteiger partial charge in [0.2, 0.25) is 0 Å². The minimum absolute atomic E-state index is 0.182. The van der Waals surface area contributed by atoms with E-state index in [0.717, 1.165) is 11.8 Å². The van der Waals surface area contributed by atoms with E-state index in [4.69, 9.17) is 4.43 Å². The van der Waals surface area contributed by atoms with Crippen molar-refractivity contribution in [3.8, 4) is 0 Å². The third-order valence-corrected chi connectivity index (χ3v) is 7.95.